The number of aryl methyl sites for hydroxylation is 1. The third-order valence-electron chi connectivity index (χ3n) is 5.71. The lowest BCUT2D eigenvalue weighted by Crippen LogP contribution is -2.48. The first-order valence-electron chi connectivity index (χ1n) is 10.9. The van der Waals surface area contributed by atoms with Crippen molar-refractivity contribution in [1.29, 1.82) is 0 Å². The molecule has 3 rings (SSSR count). The number of aliphatic carboxylic acids is 1. The molecule has 3 N–H and O–H groups in total. The number of ether oxygens (including phenoxy) is 1. The highest BCUT2D eigenvalue weighted by Gasteiger charge is 2.27. The molecule has 0 saturated carbocycles. The zero-order valence-corrected chi connectivity index (χ0v) is 18.7. The number of benzene rings is 2. The summed E-state index contributed by atoms with van der Waals surface area (Å²) >= 11 is 0. The third kappa shape index (κ3) is 5.87. The summed E-state index contributed by atoms with van der Waals surface area (Å²) in [5, 5.41) is 15.0. The largest absolute Gasteiger partial charge is 0.493 e. The Labute approximate surface area is 188 Å². The molecule has 2 bridgehead atoms. The van der Waals surface area contributed by atoms with E-state index >= 15 is 0 Å². The molecule has 3 atom stereocenters. The molecular weight excluding hydrogens is 408 g/mol. The standard InChI is InChI=1S/C25H30N2O5/c1-15-10-11-32-22-9-4-6-16(2)24(22)19-8-5-7-18(13-19)20(14-23(29)30)27-25(31)21(12-15)26-17(3)28/h4-9,13,15,20-21H,10-12,14H2,1-3H3,(H,26,28)(H,27,31)(H,29,30)/t15?,20-,21-/m0/s1. The van der Waals surface area contributed by atoms with Gasteiger partial charge >= 0.3 is 5.97 Å². The first-order valence-corrected chi connectivity index (χ1v) is 10.9. The molecule has 0 aliphatic carbocycles. The fraction of sp³-hybridized carbons (Fsp3) is 0.400. The van der Waals surface area contributed by atoms with E-state index in [9.17, 15) is 19.5 Å². The summed E-state index contributed by atoms with van der Waals surface area (Å²) in [6.45, 7) is 5.86. The average Bonchev–Trinajstić information content (AvgIpc) is 2.71. The van der Waals surface area contributed by atoms with Crippen LogP contribution in [0.1, 0.15) is 50.3 Å². The van der Waals surface area contributed by atoms with Gasteiger partial charge in [0.2, 0.25) is 11.8 Å². The third-order valence-corrected chi connectivity index (χ3v) is 5.71. The summed E-state index contributed by atoms with van der Waals surface area (Å²) in [4.78, 5) is 36.3. The van der Waals surface area contributed by atoms with Gasteiger partial charge in [0, 0.05) is 12.5 Å². The second kappa shape index (κ2) is 10.3. The number of carbonyl (C=O) groups excluding carboxylic acids is 2. The molecule has 7 nitrogen and oxygen atoms in total. The topological polar surface area (TPSA) is 105 Å². The molecule has 0 saturated heterocycles. The molecule has 2 aromatic carbocycles. The number of rotatable bonds is 3. The van der Waals surface area contributed by atoms with Crippen molar-refractivity contribution in [1.82, 2.24) is 10.6 Å². The van der Waals surface area contributed by atoms with Gasteiger partial charge in [-0.1, -0.05) is 37.3 Å². The highest BCUT2D eigenvalue weighted by atomic mass is 16.5. The number of amides is 2. The van der Waals surface area contributed by atoms with Crippen molar-refractivity contribution in [2.75, 3.05) is 6.61 Å². The Bertz CT molecular complexity index is 1000. The molecule has 7 heteroatoms. The minimum absolute atomic E-state index is 0.101. The molecule has 1 aliphatic heterocycles. The lowest BCUT2D eigenvalue weighted by atomic mass is 9.93. The van der Waals surface area contributed by atoms with Crippen LogP contribution in [0.5, 0.6) is 5.75 Å². The van der Waals surface area contributed by atoms with E-state index in [1.165, 1.54) is 6.92 Å². The SMILES string of the molecule is CC(=O)N[C@H]1CC(C)CCOc2cccc(C)c2-c2cccc(c2)[C@H](CC(=O)O)NC1=O. The van der Waals surface area contributed by atoms with E-state index in [1.54, 1.807) is 6.07 Å². The fourth-order valence-electron chi connectivity index (χ4n) is 4.11. The van der Waals surface area contributed by atoms with E-state index < -0.39 is 24.0 Å². The Morgan fingerprint density at radius 1 is 1.22 bits per heavy atom. The van der Waals surface area contributed by atoms with Crippen molar-refractivity contribution in [2.45, 2.75) is 52.1 Å². The van der Waals surface area contributed by atoms with Crippen LogP contribution in [-0.2, 0) is 14.4 Å². The second-order valence-corrected chi connectivity index (χ2v) is 8.46. The Kier molecular flexibility index (Phi) is 7.51. The summed E-state index contributed by atoms with van der Waals surface area (Å²) < 4.78 is 6.13. The molecule has 2 aromatic rings. The second-order valence-electron chi connectivity index (χ2n) is 8.46. The minimum Gasteiger partial charge on any atom is -0.493 e. The lowest BCUT2D eigenvalue weighted by molar-refractivity contribution is -0.138. The fourth-order valence-corrected chi connectivity index (χ4v) is 4.11. The van der Waals surface area contributed by atoms with Crippen molar-refractivity contribution < 1.29 is 24.2 Å². The molecule has 1 heterocycles. The zero-order chi connectivity index (χ0) is 23.3. The maximum Gasteiger partial charge on any atom is 0.305 e. The van der Waals surface area contributed by atoms with Gasteiger partial charge in [-0.25, -0.2) is 0 Å². The van der Waals surface area contributed by atoms with Gasteiger partial charge in [0.15, 0.2) is 0 Å². The van der Waals surface area contributed by atoms with E-state index in [1.807, 2.05) is 50.2 Å². The van der Waals surface area contributed by atoms with Gasteiger partial charge in [-0.15, -0.1) is 0 Å². The first-order chi connectivity index (χ1) is 15.2. The van der Waals surface area contributed by atoms with Gasteiger partial charge in [0.1, 0.15) is 11.8 Å². The summed E-state index contributed by atoms with van der Waals surface area (Å²) in [7, 11) is 0. The van der Waals surface area contributed by atoms with Gasteiger partial charge in [0.25, 0.3) is 0 Å². The Balaban J connectivity index is 2.08. The molecule has 0 spiro atoms. The van der Waals surface area contributed by atoms with Crippen LogP contribution in [-0.4, -0.2) is 35.5 Å². The lowest BCUT2D eigenvalue weighted by Gasteiger charge is -2.26. The highest BCUT2D eigenvalue weighted by Crippen LogP contribution is 2.35. The molecular formula is C25H30N2O5. The molecule has 0 aromatic heterocycles. The van der Waals surface area contributed by atoms with E-state index in [0.29, 0.717) is 25.0 Å². The van der Waals surface area contributed by atoms with E-state index in [-0.39, 0.29) is 18.2 Å². The van der Waals surface area contributed by atoms with Crippen molar-refractivity contribution >= 4 is 17.8 Å². The number of hydrogen-bond donors (Lipinski definition) is 3. The molecule has 0 radical (unpaired) electrons. The Hall–Kier alpha value is -3.35. The van der Waals surface area contributed by atoms with Crippen LogP contribution in [0.25, 0.3) is 11.1 Å². The van der Waals surface area contributed by atoms with Crippen LogP contribution < -0.4 is 15.4 Å². The molecule has 2 amide bonds. The Morgan fingerprint density at radius 3 is 2.69 bits per heavy atom. The van der Waals surface area contributed by atoms with Crippen molar-refractivity contribution in [3.8, 4) is 16.9 Å². The number of carboxylic acids is 1. The van der Waals surface area contributed by atoms with E-state index in [2.05, 4.69) is 10.6 Å². The number of carbonyl (C=O) groups is 3. The normalized spacial score (nSPS) is 21.3. The average molecular weight is 439 g/mol. The van der Waals surface area contributed by atoms with Crippen molar-refractivity contribution in [3.05, 3.63) is 53.6 Å². The maximum absolute atomic E-state index is 13.1. The van der Waals surface area contributed by atoms with Gasteiger partial charge in [0.05, 0.1) is 19.1 Å². The van der Waals surface area contributed by atoms with Gasteiger partial charge in [-0.3, -0.25) is 14.4 Å². The monoisotopic (exact) mass is 438 g/mol. The minimum atomic E-state index is -1.02. The zero-order valence-electron chi connectivity index (χ0n) is 18.7. The smallest absolute Gasteiger partial charge is 0.305 e. The van der Waals surface area contributed by atoms with Crippen LogP contribution in [0.3, 0.4) is 0 Å². The first kappa shape index (κ1) is 23.3. The van der Waals surface area contributed by atoms with Crippen LogP contribution in [0, 0.1) is 12.8 Å². The summed E-state index contributed by atoms with van der Waals surface area (Å²) in [6.07, 6.45) is 0.860. The summed E-state index contributed by atoms with van der Waals surface area (Å²) in [6, 6.07) is 11.9. The molecule has 1 unspecified atom stereocenters. The summed E-state index contributed by atoms with van der Waals surface area (Å²) in [5.41, 5.74) is 3.57. The van der Waals surface area contributed by atoms with Gasteiger partial charge in [-0.2, -0.15) is 0 Å². The molecule has 0 fully saturated rings. The van der Waals surface area contributed by atoms with Crippen LogP contribution in [0.15, 0.2) is 42.5 Å². The maximum atomic E-state index is 13.1. The van der Waals surface area contributed by atoms with Gasteiger partial charge < -0.3 is 20.5 Å². The quantitative estimate of drug-likeness (QED) is 0.679. The van der Waals surface area contributed by atoms with Crippen LogP contribution in [0.2, 0.25) is 0 Å². The van der Waals surface area contributed by atoms with Crippen LogP contribution in [0.4, 0.5) is 0 Å². The van der Waals surface area contributed by atoms with E-state index in [0.717, 1.165) is 22.4 Å². The van der Waals surface area contributed by atoms with Crippen molar-refractivity contribution in [2.24, 2.45) is 5.92 Å². The number of nitrogens with one attached hydrogen (secondary N) is 2. The van der Waals surface area contributed by atoms with Crippen molar-refractivity contribution in [3.63, 3.8) is 0 Å². The number of hydrogen-bond acceptors (Lipinski definition) is 4. The van der Waals surface area contributed by atoms with Crippen LogP contribution >= 0.6 is 0 Å². The highest BCUT2D eigenvalue weighted by molar-refractivity contribution is 5.87. The van der Waals surface area contributed by atoms with E-state index in [4.69, 9.17) is 4.74 Å². The molecule has 170 valence electrons. The number of carboxylic acid groups (broad SMARTS) is 1. The van der Waals surface area contributed by atoms with Gasteiger partial charge in [-0.05, 0) is 54.5 Å². The Morgan fingerprint density at radius 2 is 1.97 bits per heavy atom. The predicted octanol–water partition coefficient (Wildman–Crippen LogP) is 3.61. The summed E-state index contributed by atoms with van der Waals surface area (Å²) in [5.74, 6) is -0.853. The molecule has 1 aliphatic rings. The predicted molar refractivity (Wildman–Crippen MR) is 121 cm³/mol. The number of fused-ring (bicyclic) bond motifs is 4. The molecule has 32 heavy (non-hydrogen) atoms.